The van der Waals surface area contributed by atoms with E-state index in [9.17, 15) is 39.9 Å². The molecular formula is C41H59N9O10. The number of aromatic hydroxyl groups is 1. The van der Waals surface area contributed by atoms with Crippen LogP contribution in [0.1, 0.15) is 36.9 Å². The number of nitrogens with zero attached hydrogens (tertiary/aromatic N) is 9. The third kappa shape index (κ3) is 9.54. The molecule has 3 aliphatic rings. The molecule has 0 bridgehead atoms. The highest BCUT2D eigenvalue weighted by atomic mass is 16.7. The van der Waals surface area contributed by atoms with E-state index in [0.717, 1.165) is 13.0 Å². The second kappa shape index (κ2) is 19.5. The van der Waals surface area contributed by atoms with Gasteiger partial charge in [-0.15, -0.1) is 5.10 Å². The fraction of sp³-hybridized carbons (Fsp3) is 0.610. The number of aromatic nitrogens is 5. The summed E-state index contributed by atoms with van der Waals surface area (Å²) >= 11 is 0. The van der Waals surface area contributed by atoms with E-state index >= 15 is 0 Å². The first-order chi connectivity index (χ1) is 28.6. The normalized spacial score (nSPS) is 20.4. The molecule has 4 heterocycles. The van der Waals surface area contributed by atoms with Crippen molar-refractivity contribution in [2.75, 3.05) is 75.1 Å². The Morgan fingerprint density at radius 1 is 0.783 bits per heavy atom. The van der Waals surface area contributed by atoms with E-state index < -0.39 is 54.0 Å². The van der Waals surface area contributed by atoms with E-state index in [1.54, 1.807) is 16.9 Å². The molecule has 328 valence electrons. The lowest BCUT2D eigenvalue weighted by atomic mass is 9.87. The molecule has 5 N–H and O–H groups in total. The van der Waals surface area contributed by atoms with Crippen molar-refractivity contribution < 1.29 is 35.0 Å². The second-order valence-corrected chi connectivity index (χ2v) is 16.5. The molecule has 1 aliphatic carbocycles. The number of rotatable bonds is 20. The highest BCUT2D eigenvalue weighted by molar-refractivity contribution is 6.16. The Morgan fingerprint density at radius 2 is 1.43 bits per heavy atom. The van der Waals surface area contributed by atoms with Crippen LogP contribution >= 0.6 is 0 Å². The first kappa shape index (κ1) is 45.1. The summed E-state index contributed by atoms with van der Waals surface area (Å²) in [6.07, 6.45) is -2.54. The van der Waals surface area contributed by atoms with E-state index in [1.807, 2.05) is 58.2 Å². The highest BCUT2D eigenvalue weighted by Gasteiger charge is 2.44. The second-order valence-electron chi connectivity index (χ2n) is 16.5. The molecule has 2 aromatic heterocycles. The summed E-state index contributed by atoms with van der Waals surface area (Å²) in [4.78, 5) is 54.2. The van der Waals surface area contributed by atoms with Crippen LogP contribution in [0.25, 0.3) is 32.7 Å². The molecule has 1 saturated heterocycles. The Morgan fingerprint density at radius 3 is 2.10 bits per heavy atom. The third-order valence-electron chi connectivity index (χ3n) is 11.0. The van der Waals surface area contributed by atoms with Crippen LogP contribution in [0, 0.1) is 0 Å². The van der Waals surface area contributed by atoms with Crippen LogP contribution in [-0.2, 0) is 42.1 Å². The molecule has 0 saturated carbocycles. The van der Waals surface area contributed by atoms with Crippen molar-refractivity contribution in [2.45, 2.75) is 89.1 Å². The number of hydrogen-bond acceptors (Lipinski definition) is 16. The maximum absolute atomic E-state index is 14.5. The van der Waals surface area contributed by atoms with Crippen molar-refractivity contribution in [2.24, 2.45) is 4.99 Å². The van der Waals surface area contributed by atoms with Crippen molar-refractivity contribution in [3.63, 3.8) is 0 Å². The van der Waals surface area contributed by atoms with Crippen LogP contribution in [-0.4, -0.2) is 170 Å². The van der Waals surface area contributed by atoms with Gasteiger partial charge in [0.1, 0.15) is 30.1 Å². The minimum atomic E-state index is -1.57. The van der Waals surface area contributed by atoms with Crippen molar-refractivity contribution in [3.8, 4) is 17.0 Å². The van der Waals surface area contributed by atoms with Gasteiger partial charge in [0, 0.05) is 42.5 Å². The lowest BCUT2D eigenvalue weighted by molar-refractivity contribution is -0.304. The van der Waals surface area contributed by atoms with Gasteiger partial charge in [-0.05, 0) is 112 Å². The van der Waals surface area contributed by atoms with E-state index in [4.69, 9.17) is 14.5 Å². The maximum atomic E-state index is 14.5. The van der Waals surface area contributed by atoms with Gasteiger partial charge in [-0.1, -0.05) is 5.21 Å². The van der Waals surface area contributed by atoms with E-state index in [-0.39, 0.29) is 43.1 Å². The van der Waals surface area contributed by atoms with Gasteiger partial charge in [-0.25, -0.2) is 0 Å². The van der Waals surface area contributed by atoms with Crippen LogP contribution < -0.4 is 22.0 Å². The summed E-state index contributed by atoms with van der Waals surface area (Å²) in [5, 5.41) is 61.6. The fourth-order valence-electron chi connectivity index (χ4n) is 7.96. The molecule has 3 aromatic rings. The van der Waals surface area contributed by atoms with Gasteiger partial charge in [0.25, 0.3) is 16.7 Å². The van der Waals surface area contributed by atoms with Gasteiger partial charge in [-0.3, -0.25) is 33.2 Å². The zero-order chi connectivity index (χ0) is 43.4. The molecule has 0 spiro atoms. The topological polar surface area (TPSA) is 233 Å². The molecular weight excluding hydrogens is 779 g/mol. The lowest BCUT2D eigenvalue weighted by Crippen LogP contribution is -2.59. The molecule has 0 amide bonds. The average molecular weight is 838 g/mol. The summed E-state index contributed by atoms with van der Waals surface area (Å²) in [7, 11) is 11.7. The Bertz CT molecular complexity index is 2430. The van der Waals surface area contributed by atoms with Gasteiger partial charge in [0.15, 0.2) is 6.29 Å². The number of aliphatic hydroxyl groups is 4. The first-order valence-electron chi connectivity index (χ1n) is 20.5. The highest BCUT2D eigenvalue weighted by Crippen LogP contribution is 2.39. The van der Waals surface area contributed by atoms with Gasteiger partial charge < -0.3 is 49.7 Å². The minimum absolute atomic E-state index is 0.141. The molecule has 5 atom stereocenters. The van der Waals surface area contributed by atoms with Gasteiger partial charge in [0.2, 0.25) is 5.88 Å². The predicted molar refractivity (Wildman–Crippen MR) is 224 cm³/mol. The monoisotopic (exact) mass is 837 g/mol. The molecule has 60 heavy (non-hydrogen) atoms. The summed E-state index contributed by atoms with van der Waals surface area (Å²) in [5.74, 6) is -0.208. The summed E-state index contributed by atoms with van der Waals surface area (Å²) < 4.78 is 15.2. The van der Waals surface area contributed by atoms with Crippen LogP contribution in [0.15, 0.2) is 37.7 Å². The fourth-order valence-corrected chi connectivity index (χ4v) is 7.96. The summed E-state index contributed by atoms with van der Waals surface area (Å²) in [6, 6.07) is 3.45. The van der Waals surface area contributed by atoms with Crippen molar-refractivity contribution in [1.29, 1.82) is 0 Å². The van der Waals surface area contributed by atoms with Gasteiger partial charge >= 0.3 is 0 Å². The van der Waals surface area contributed by atoms with E-state index in [0.29, 0.717) is 83.7 Å². The SMILES string of the molecule is CN(C)CCCc1cc2c(O)n(CCCN(C)C)c(=O)c3c(=NCCCn4cc(CO[C@@H]5O[C@H](CO)[C@@H](O)[C@H](O)[C@H]5O)nn4)cc4c(=O)n(CCCN(C)C)c(=O)c1c-4c23. The van der Waals surface area contributed by atoms with Crippen LogP contribution in [0.5, 0.6) is 5.88 Å². The van der Waals surface area contributed by atoms with E-state index in [1.165, 1.54) is 9.13 Å². The summed E-state index contributed by atoms with van der Waals surface area (Å²) in [5.41, 5.74) is 0.436. The van der Waals surface area contributed by atoms with Gasteiger partial charge in [-0.2, -0.15) is 0 Å². The predicted octanol–water partition coefficient (Wildman–Crippen LogP) is -1.34. The standard InChI is InChI=1S/C41H59N9O10/c1-45(2)13-7-11-24-19-26-32-31-27(38(56)49(39(57)30(24)31)17-9-14-46(3)4)20-28(33(32)40(58)50(37(26)55)18-10-15-47(5)6)42-12-8-16-48-21-25(43-44-48)23-59-41-36(54)35(53)34(52)29(22-51)60-41/h19-21,29,34-36,41,51-55H,7-18,22-23H2,1-6H3/t29-,34-,35+,36-,41-/m1/s1. The van der Waals surface area contributed by atoms with Crippen molar-refractivity contribution >= 4 is 21.5 Å². The Balaban J connectivity index is 1.37. The molecule has 19 heteroatoms. The summed E-state index contributed by atoms with van der Waals surface area (Å²) in [6.45, 7) is 2.45. The minimum Gasteiger partial charge on any atom is -0.494 e. The zero-order valence-electron chi connectivity index (χ0n) is 35.3. The van der Waals surface area contributed by atoms with Crippen molar-refractivity contribution in [1.82, 2.24) is 38.8 Å². The Kier molecular flexibility index (Phi) is 14.7. The largest absolute Gasteiger partial charge is 0.494 e. The van der Waals surface area contributed by atoms with Crippen molar-refractivity contribution in [3.05, 3.63) is 66.0 Å². The number of hydrogen-bond donors (Lipinski definition) is 5. The Labute approximate surface area is 346 Å². The van der Waals surface area contributed by atoms with Crippen LogP contribution in [0.2, 0.25) is 0 Å². The first-order valence-corrected chi connectivity index (χ1v) is 20.5. The lowest BCUT2D eigenvalue weighted by Gasteiger charge is -2.39. The van der Waals surface area contributed by atoms with Crippen LogP contribution in [0.4, 0.5) is 0 Å². The smallest absolute Gasteiger partial charge is 0.263 e. The number of aliphatic hydroxyl groups excluding tert-OH is 4. The molecule has 1 fully saturated rings. The molecule has 0 unspecified atom stereocenters. The number of ether oxygens (including phenoxy) is 2. The maximum Gasteiger partial charge on any atom is 0.263 e. The number of aryl methyl sites for hydroxylation is 2. The van der Waals surface area contributed by atoms with Gasteiger partial charge in [0.05, 0.1) is 41.1 Å². The zero-order valence-corrected chi connectivity index (χ0v) is 35.3. The number of pyridine rings is 2. The third-order valence-corrected chi connectivity index (χ3v) is 11.0. The number of benzene rings is 2. The molecule has 1 aromatic carbocycles. The van der Waals surface area contributed by atoms with E-state index in [2.05, 4.69) is 15.2 Å². The average Bonchev–Trinajstić information content (AvgIpc) is 3.66. The molecule has 6 rings (SSSR count). The molecule has 19 nitrogen and oxygen atoms in total. The molecule has 2 aliphatic heterocycles. The van der Waals surface area contributed by atoms with Crippen LogP contribution in [0.3, 0.4) is 0 Å². The quantitative estimate of drug-likeness (QED) is 0.0451. The molecule has 0 radical (unpaired) electrons. The Hall–Kier alpha value is -4.44.